The third-order valence-electron chi connectivity index (χ3n) is 2.52. The molecule has 2 aromatic rings. The fraction of sp³-hybridized carbons (Fsp3) is 0.250. The van der Waals surface area contributed by atoms with Crippen LogP contribution >= 0.6 is 11.6 Å². The summed E-state index contributed by atoms with van der Waals surface area (Å²) in [5, 5.41) is 1.46. The molecule has 0 aliphatic heterocycles. The van der Waals surface area contributed by atoms with Crippen LogP contribution in [0.2, 0.25) is 5.02 Å². The molecule has 16 heavy (non-hydrogen) atoms. The van der Waals surface area contributed by atoms with Gasteiger partial charge in [0.25, 0.3) is 0 Å². The Balaban J connectivity index is 2.43. The zero-order valence-corrected chi connectivity index (χ0v) is 9.62. The Labute approximate surface area is 98.2 Å². The van der Waals surface area contributed by atoms with Gasteiger partial charge >= 0.3 is 0 Å². The SMILES string of the molecule is CC(CN)C(=O)c1cc2cc(Cl)ccc2o1. The summed E-state index contributed by atoms with van der Waals surface area (Å²) in [4.78, 5) is 11.8. The van der Waals surface area contributed by atoms with E-state index in [1.54, 1.807) is 31.2 Å². The minimum atomic E-state index is -0.226. The molecule has 0 spiro atoms. The second-order valence-corrected chi connectivity index (χ2v) is 4.23. The lowest BCUT2D eigenvalue weighted by molar-refractivity contribution is 0.0908. The Hall–Kier alpha value is -1.32. The zero-order valence-electron chi connectivity index (χ0n) is 8.87. The van der Waals surface area contributed by atoms with Crippen molar-refractivity contribution in [2.75, 3.05) is 6.54 Å². The van der Waals surface area contributed by atoms with E-state index >= 15 is 0 Å². The molecule has 2 N–H and O–H groups in total. The number of rotatable bonds is 3. The topological polar surface area (TPSA) is 56.2 Å². The first-order valence-electron chi connectivity index (χ1n) is 5.05. The highest BCUT2D eigenvalue weighted by Crippen LogP contribution is 2.24. The molecule has 2 rings (SSSR count). The smallest absolute Gasteiger partial charge is 0.202 e. The van der Waals surface area contributed by atoms with Gasteiger partial charge in [0.15, 0.2) is 5.76 Å². The minimum absolute atomic E-state index is 0.0742. The summed E-state index contributed by atoms with van der Waals surface area (Å²) in [6, 6.07) is 6.95. The van der Waals surface area contributed by atoms with Crippen LogP contribution in [0.3, 0.4) is 0 Å². The molecule has 1 atom stereocenters. The molecule has 84 valence electrons. The number of Topliss-reactive ketones (excluding diaryl/α,β-unsaturated/α-hetero) is 1. The molecule has 0 fully saturated rings. The van der Waals surface area contributed by atoms with Crippen molar-refractivity contribution in [3.05, 3.63) is 35.0 Å². The summed E-state index contributed by atoms with van der Waals surface area (Å²) in [7, 11) is 0. The number of nitrogens with two attached hydrogens (primary N) is 1. The van der Waals surface area contributed by atoms with E-state index in [0.29, 0.717) is 22.9 Å². The van der Waals surface area contributed by atoms with Crippen LogP contribution in [0, 0.1) is 5.92 Å². The number of hydrogen-bond acceptors (Lipinski definition) is 3. The maximum Gasteiger partial charge on any atom is 0.202 e. The highest BCUT2D eigenvalue weighted by Gasteiger charge is 2.17. The quantitative estimate of drug-likeness (QED) is 0.836. The molecule has 0 saturated carbocycles. The maximum absolute atomic E-state index is 11.8. The molecule has 0 bridgehead atoms. The van der Waals surface area contributed by atoms with Crippen LogP contribution in [-0.2, 0) is 0 Å². The number of halogens is 1. The number of carbonyl (C=O) groups is 1. The van der Waals surface area contributed by atoms with Crippen molar-refractivity contribution in [2.45, 2.75) is 6.92 Å². The highest BCUT2D eigenvalue weighted by atomic mass is 35.5. The first-order valence-corrected chi connectivity index (χ1v) is 5.43. The number of hydrogen-bond donors (Lipinski definition) is 1. The molecule has 0 aliphatic carbocycles. The monoisotopic (exact) mass is 237 g/mol. The fourth-order valence-electron chi connectivity index (χ4n) is 1.49. The number of fused-ring (bicyclic) bond motifs is 1. The number of ketones is 1. The predicted molar refractivity (Wildman–Crippen MR) is 63.8 cm³/mol. The van der Waals surface area contributed by atoms with Crippen LogP contribution in [-0.4, -0.2) is 12.3 Å². The molecule has 0 radical (unpaired) electrons. The summed E-state index contributed by atoms with van der Waals surface area (Å²) in [6.45, 7) is 2.10. The molecule has 3 nitrogen and oxygen atoms in total. The molecule has 0 aliphatic rings. The first kappa shape index (κ1) is 11.2. The van der Waals surface area contributed by atoms with E-state index in [4.69, 9.17) is 21.8 Å². The largest absolute Gasteiger partial charge is 0.453 e. The van der Waals surface area contributed by atoms with Crippen LogP contribution in [0.15, 0.2) is 28.7 Å². The molecule has 1 aromatic heterocycles. The maximum atomic E-state index is 11.8. The van der Waals surface area contributed by atoms with Crippen molar-refractivity contribution in [1.29, 1.82) is 0 Å². The third kappa shape index (κ3) is 1.96. The van der Waals surface area contributed by atoms with Crippen LogP contribution in [0.5, 0.6) is 0 Å². The van der Waals surface area contributed by atoms with E-state index in [9.17, 15) is 4.79 Å². The van der Waals surface area contributed by atoms with Crippen molar-refractivity contribution in [3.63, 3.8) is 0 Å². The normalized spacial score (nSPS) is 12.9. The molecule has 1 aromatic carbocycles. The average molecular weight is 238 g/mol. The van der Waals surface area contributed by atoms with Gasteiger partial charge in [-0.15, -0.1) is 0 Å². The van der Waals surface area contributed by atoms with E-state index in [2.05, 4.69) is 0 Å². The summed E-state index contributed by atoms with van der Waals surface area (Å²) in [5.74, 6) is 0.0427. The van der Waals surface area contributed by atoms with Crippen molar-refractivity contribution in [3.8, 4) is 0 Å². The molecule has 1 heterocycles. The van der Waals surface area contributed by atoms with Crippen molar-refractivity contribution in [1.82, 2.24) is 0 Å². The van der Waals surface area contributed by atoms with Gasteiger partial charge in [0.2, 0.25) is 5.78 Å². The Kier molecular flexibility index (Phi) is 2.99. The summed E-state index contributed by atoms with van der Waals surface area (Å²) in [5.41, 5.74) is 6.11. The van der Waals surface area contributed by atoms with Crippen molar-refractivity contribution >= 4 is 28.4 Å². The number of benzene rings is 1. The van der Waals surface area contributed by atoms with Crippen LogP contribution in [0.1, 0.15) is 17.5 Å². The van der Waals surface area contributed by atoms with Crippen molar-refractivity contribution in [2.24, 2.45) is 11.7 Å². The van der Waals surface area contributed by atoms with E-state index in [-0.39, 0.29) is 11.7 Å². The number of furan rings is 1. The fourth-order valence-corrected chi connectivity index (χ4v) is 1.67. The van der Waals surface area contributed by atoms with Gasteiger partial charge in [0.1, 0.15) is 5.58 Å². The molecular weight excluding hydrogens is 226 g/mol. The van der Waals surface area contributed by atoms with Gasteiger partial charge in [0.05, 0.1) is 0 Å². The van der Waals surface area contributed by atoms with Crippen LogP contribution < -0.4 is 5.73 Å². The molecule has 0 amide bonds. The second-order valence-electron chi connectivity index (χ2n) is 3.79. The van der Waals surface area contributed by atoms with Gasteiger partial charge < -0.3 is 10.2 Å². The van der Waals surface area contributed by atoms with E-state index < -0.39 is 0 Å². The van der Waals surface area contributed by atoms with Crippen LogP contribution in [0.25, 0.3) is 11.0 Å². The first-order chi connectivity index (χ1) is 7.61. The lowest BCUT2D eigenvalue weighted by atomic mass is 10.1. The van der Waals surface area contributed by atoms with Gasteiger partial charge in [-0.25, -0.2) is 0 Å². The molecular formula is C12H12ClNO2. The third-order valence-corrected chi connectivity index (χ3v) is 2.76. The Bertz CT molecular complexity index is 533. The Morgan fingerprint density at radius 3 is 2.94 bits per heavy atom. The van der Waals surface area contributed by atoms with E-state index in [0.717, 1.165) is 5.39 Å². The van der Waals surface area contributed by atoms with Gasteiger partial charge in [-0.2, -0.15) is 0 Å². The van der Waals surface area contributed by atoms with Gasteiger partial charge in [-0.05, 0) is 24.3 Å². The van der Waals surface area contributed by atoms with E-state index in [1.165, 1.54) is 0 Å². The molecule has 1 unspecified atom stereocenters. The summed E-state index contributed by atoms with van der Waals surface area (Å²) >= 11 is 5.85. The summed E-state index contributed by atoms with van der Waals surface area (Å²) in [6.07, 6.45) is 0. The van der Waals surface area contributed by atoms with Crippen LogP contribution in [0.4, 0.5) is 0 Å². The second kappa shape index (κ2) is 4.28. The lowest BCUT2D eigenvalue weighted by Gasteiger charge is -2.02. The lowest BCUT2D eigenvalue weighted by Crippen LogP contribution is -2.20. The average Bonchev–Trinajstić information content (AvgIpc) is 2.69. The van der Waals surface area contributed by atoms with Gasteiger partial charge in [0, 0.05) is 22.9 Å². The Morgan fingerprint density at radius 1 is 1.50 bits per heavy atom. The van der Waals surface area contributed by atoms with E-state index in [1.807, 2.05) is 0 Å². The predicted octanol–water partition coefficient (Wildman–Crippen LogP) is 2.86. The van der Waals surface area contributed by atoms with Gasteiger partial charge in [-0.1, -0.05) is 18.5 Å². The summed E-state index contributed by atoms with van der Waals surface area (Å²) < 4.78 is 5.44. The standard InChI is InChI=1S/C12H12ClNO2/c1-7(6-14)12(15)11-5-8-4-9(13)2-3-10(8)16-11/h2-5,7H,6,14H2,1H3. The minimum Gasteiger partial charge on any atom is -0.453 e. The highest BCUT2D eigenvalue weighted by molar-refractivity contribution is 6.31. The molecule has 0 saturated heterocycles. The zero-order chi connectivity index (χ0) is 11.7. The van der Waals surface area contributed by atoms with Crippen molar-refractivity contribution < 1.29 is 9.21 Å². The van der Waals surface area contributed by atoms with Gasteiger partial charge in [-0.3, -0.25) is 4.79 Å². The number of carbonyl (C=O) groups excluding carboxylic acids is 1. The Morgan fingerprint density at radius 2 is 2.25 bits per heavy atom. The molecule has 4 heteroatoms.